The first-order chi connectivity index (χ1) is 10.9. The lowest BCUT2D eigenvalue weighted by Crippen LogP contribution is -2.45. The molecule has 2 rings (SSSR count). The molecule has 0 aromatic carbocycles. The van der Waals surface area contributed by atoms with Crippen LogP contribution in [0.25, 0.3) is 0 Å². The van der Waals surface area contributed by atoms with Crippen molar-refractivity contribution in [3.8, 4) is 0 Å². The molecule has 0 unspecified atom stereocenters. The monoisotopic (exact) mass is 348 g/mol. The Labute approximate surface area is 138 Å². The Bertz CT molecular complexity index is 519. The van der Waals surface area contributed by atoms with E-state index in [2.05, 4.69) is 27.5 Å². The van der Waals surface area contributed by atoms with Crippen LogP contribution in [-0.4, -0.2) is 30.2 Å². The second-order valence-corrected chi connectivity index (χ2v) is 6.69. The number of rotatable bonds is 4. The maximum Gasteiger partial charge on any atom is 0.391 e. The molecule has 1 aliphatic rings. The Kier molecular flexibility index (Phi) is 6.26. The van der Waals surface area contributed by atoms with Crippen molar-refractivity contribution >= 4 is 17.3 Å². The van der Waals surface area contributed by atoms with E-state index in [1.54, 1.807) is 18.4 Å². The first-order valence-electron chi connectivity index (χ1n) is 7.89. The number of halogens is 3. The second-order valence-electron chi connectivity index (χ2n) is 5.75. The van der Waals surface area contributed by atoms with Crippen LogP contribution in [0.2, 0.25) is 0 Å². The topological polar surface area (TPSA) is 49.3 Å². The number of hydrogen-bond acceptors (Lipinski definition) is 3. The number of nitrogens with zero attached hydrogens (tertiary/aromatic N) is 2. The third-order valence-corrected chi connectivity index (χ3v) is 5.14. The molecule has 0 amide bonds. The summed E-state index contributed by atoms with van der Waals surface area (Å²) in [6.45, 7) is 2.63. The molecule has 2 N–H and O–H groups in total. The van der Waals surface area contributed by atoms with Crippen LogP contribution in [0.4, 0.5) is 13.2 Å². The van der Waals surface area contributed by atoms with Crippen molar-refractivity contribution < 1.29 is 13.2 Å². The Morgan fingerprint density at radius 3 is 2.57 bits per heavy atom. The minimum Gasteiger partial charge on any atom is -0.354 e. The van der Waals surface area contributed by atoms with Gasteiger partial charge in [0, 0.05) is 18.5 Å². The van der Waals surface area contributed by atoms with Gasteiger partial charge in [-0.1, -0.05) is 6.92 Å². The van der Waals surface area contributed by atoms with Crippen molar-refractivity contribution in [2.24, 2.45) is 10.9 Å². The van der Waals surface area contributed by atoms with E-state index in [1.165, 1.54) is 0 Å². The molecule has 23 heavy (non-hydrogen) atoms. The van der Waals surface area contributed by atoms with E-state index in [1.807, 2.05) is 5.38 Å². The highest BCUT2D eigenvalue weighted by Gasteiger charge is 2.41. The van der Waals surface area contributed by atoms with Crippen LogP contribution in [-0.2, 0) is 13.0 Å². The predicted octanol–water partition coefficient (Wildman–Crippen LogP) is 3.49. The predicted molar refractivity (Wildman–Crippen MR) is 86.6 cm³/mol. The zero-order valence-electron chi connectivity index (χ0n) is 13.4. The maximum atomic E-state index is 12.7. The van der Waals surface area contributed by atoms with E-state index in [0.29, 0.717) is 25.3 Å². The summed E-state index contributed by atoms with van der Waals surface area (Å²) in [5, 5.41) is 9.49. The lowest BCUT2D eigenvalue weighted by Gasteiger charge is -2.31. The summed E-state index contributed by atoms with van der Waals surface area (Å²) in [5.74, 6) is -0.537. The summed E-state index contributed by atoms with van der Waals surface area (Å²) < 4.78 is 38.0. The van der Waals surface area contributed by atoms with Crippen molar-refractivity contribution in [1.29, 1.82) is 0 Å². The normalized spacial score (nSPS) is 22.9. The molecule has 4 nitrogen and oxygen atoms in total. The molecular weight excluding hydrogens is 325 g/mol. The Hall–Kier alpha value is -1.31. The summed E-state index contributed by atoms with van der Waals surface area (Å²) in [7, 11) is 1.66. The summed E-state index contributed by atoms with van der Waals surface area (Å²) >= 11 is 1.63. The van der Waals surface area contributed by atoms with Crippen molar-refractivity contribution in [2.45, 2.75) is 57.8 Å². The number of guanidine groups is 1. The van der Waals surface area contributed by atoms with Gasteiger partial charge in [0.25, 0.3) is 0 Å². The van der Waals surface area contributed by atoms with Crippen LogP contribution in [0.1, 0.15) is 43.3 Å². The van der Waals surface area contributed by atoms with Gasteiger partial charge in [0.15, 0.2) is 5.96 Å². The molecule has 0 spiro atoms. The first-order valence-corrected chi connectivity index (χ1v) is 8.77. The average Bonchev–Trinajstić information content (AvgIpc) is 2.99. The van der Waals surface area contributed by atoms with Gasteiger partial charge >= 0.3 is 6.18 Å². The van der Waals surface area contributed by atoms with E-state index in [-0.39, 0.29) is 18.9 Å². The van der Waals surface area contributed by atoms with Crippen LogP contribution < -0.4 is 10.6 Å². The zero-order valence-corrected chi connectivity index (χ0v) is 14.2. The van der Waals surface area contributed by atoms with Gasteiger partial charge in [-0.2, -0.15) is 13.2 Å². The second kappa shape index (κ2) is 7.99. The molecule has 1 saturated carbocycles. The number of thiazole rings is 1. The van der Waals surface area contributed by atoms with E-state index in [0.717, 1.165) is 17.1 Å². The van der Waals surface area contributed by atoms with Gasteiger partial charge in [0.1, 0.15) is 0 Å². The van der Waals surface area contributed by atoms with Crippen LogP contribution in [0.3, 0.4) is 0 Å². The third kappa shape index (κ3) is 5.37. The van der Waals surface area contributed by atoms with Gasteiger partial charge in [0.05, 0.1) is 23.2 Å². The molecule has 0 aliphatic heterocycles. The molecule has 1 aromatic rings. The van der Waals surface area contributed by atoms with Gasteiger partial charge in [0.2, 0.25) is 0 Å². The lowest BCUT2D eigenvalue weighted by molar-refractivity contribution is -0.182. The fraction of sp³-hybridized carbons (Fsp3) is 0.733. The highest BCUT2D eigenvalue weighted by atomic mass is 32.1. The molecule has 1 aliphatic carbocycles. The highest BCUT2D eigenvalue weighted by Crippen LogP contribution is 2.37. The number of hydrogen-bond donors (Lipinski definition) is 2. The van der Waals surface area contributed by atoms with E-state index >= 15 is 0 Å². The number of aryl methyl sites for hydroxylation is 1. The molecule has 130 valence electrons. The Balaban J connectivity index is 1.77. The molecule has 0 saturated heterocycles. The summed E-state index contributed by atoms with van der Waals surface area (Å²) in [6, 6.07) is 0.0430. The molecule has 1 aromatic heterocycles. The Morgan fingerprint density at radius 2 is 2.04 bits per heavy atom. The first kappa shape index (κ1) is 18.0. The SMILES string of the molecule is CCc1nc(CNC(=NC)NC2CCC(C(F)(F)F)CC2)cs1. The van der Waals surface area contributed by atoms with Gasteiger partial charge in [-0.15, -0.1) is 11.3 Å². The van der Waals surface area contributed by atoms with Crippen LogP contribution >= 0.6 is 11.3 Å². The molecule has 1 fully saturated rings. The summed E-state index contributed by atoms with van der Waals surface area (Å²) in [4.78, 5) is 8.61. The van der Waals surface area contributed by atoms with Crippen molar-refractivity contribution in [2.75, 3.05) is 7.05 Å². The third-order valence-electron chi connectivity index (χ3n) is 4.09. The molecule has 1 heterocycles. The zero-order chi connectivity index (χ0) is 16.9. The van der Waals surface area contributed by atoms with Crippen LogP contribution in [0.5, 0.6) is 0 Å². The molecule has 8 heteroatoms. The van der Waals surface area contributed by atoms with Gasteiger partial charge in [-0.3, -0.25) is 4.99 Å². The number of aliphatic imine (C=N–C) groups is 1. The van der Waals surface area contributed by atoms with Crippen molar-refractivity contribution in [3.63, 3.8) is 0 Å². The van der Waals surface area contributed by atoms with E-state index in [4.69, 9.17) is 0 Å². The van der Waals surface area contributed by atoms with Gasteiger partial charge < -0.3 is 10.6 Å². The maximum absolute atomic E-state index is 12.7. The Morgan fingerprint density at radius 1 is 1.35 bits per heavy atom. The average molecular weight is 348 g/mol. The summed E-state index contributed by atoms with van der Waals surface area (Å²) in [6.07, 6.45) is -1.75. The van der Waals surface area contributed by atoms with Crippen LogP contribution in [0, 0.1) is 5.92 Å². The number of nitrogens with one attached hydrogen (secondary N) is 2. The smallest absolute Gasteiger partial charge is 0.354 e. The highest BCUT2D eigenvalue weighted by molar-refractivity contribution is 7.09. The molecular formula is C15H23F3N4S. The lowest BCUT2D eigenvalue weighted by atomic mass is 9.85. The standard InChI is InChI=1S/C15H23F3N4S/c1-3-13-21-12(9-23-13)8-20-14(19-2)22-11-6-4-10(5-7-11)15(16,17)18/h9-11H,3-8H2,1-2H3,(H2,19,20,22). The molecule has 0 atom stereocenters. The van der Waals surface area contributed by atoms with E-state index in [9.17, 15) is 13.2 Å². The van der Waals surface area contributed by atoms with Crippen molar-refractivity contribution in [3.05, 3.63) is 16.1 Å². The minimum atomic E-state index is -4.06. The largest absolute Gasteiger partial charge is 0.391 e. The molecule has 0 bridgehead atoms. The van der Waals surface area contributed by atoms with Crippen molar-refractivity contribution in [1.82, 2.24) is 15.6 Å². The fourth-order valence-electron chi connectivity index (χ4n) is 2.72. The number of alkyl halides is 3. The molecule has 0 radical (unpaired) electrons. The van der Waals surface area contributed by atoms with E-state index < -0.39 is 12.1 Å². The minimum absolute atomic E-state index is 0.0430. The van der Waals surface area contributed by atoms with Gasteiger partial charge in [-0.25, -0.2) is 4.98 Å². The number of aromatic nitrogens is 1. The van der Waals surface area contributed by atoms with Gasteiger partial charge in [-0.05, 0) is 32.1 Å². The summed E-state index contributed by atoms with van der Waals surface area (Å²) in [5.41, 5.74) is 0.954. The fourth-order valence-corrected chi connectivity index (χ4v) is 3.46. The quantitative estimate of drug-likeness (QED) is 0.647. The van der Waals surface area contributed by atoms with Crippen LogP contribution in [0.15, 0.2) is 10.4 Å².